The number of thioether (sulfide) groups is 1. The second-order valence-corrected chi connectivity index (χ2v) is 15.3. The van der Waals surface area contributed by atoms with Crippen LogP contribution in [0.5, 0.6) is 5.75 Å². The van der Waals surface area contributed by atoms with Crippen LogP contribution in [-0.2, 0) is 30.2 Å². The minimum atomic E-state index is -4.16. The molecule has 0 bridgehead atoms. The smallest absolute Gasteiger partial charge is 0.265 e. The highest BCUT2D eigenvalue weighted by Gasteiger charge is 2.22. The van der Waals surface area contributed by atoms with Crippen LogP contribution in [0.3, 0.4) is 0 Å². The SMILES string of the molecule is COc1cccc(CN(CCSc2ccccc2)Cc2ccc(S(=O)(=O)NC(=O)c3ccc4c(c3)c(C(=O)c3cccs3)cn4C)cc2)c1. The van der Waals surface area contributed by atoms with Gasteiger partial charge in [-0.25, -0.2) is 13.1 Å². The molecule has 0 aliphatic heterocycles. The molecule has 0 unspecified atom stereocenters. The number of nitrogens with one attached hydrogen (secondary N) is 1. The Bertz CT molecular complexity index is 2180. The van der Waals surface area contributed by atoms with E-state index in [2.05, 4.69) is 27.8 Å². The van der Waals surface area contributed by atoms with Gasteiger partial charge in [0.05, 0.1) is 16.9 Å². The molecule has 4 aromatic carbocycles. The van der Waals surface area contributed by atoms with Gasteiger partial charge in [0.1, 0.15) is 5.75 Å². The fourth-order valence-electron chi connectivity index (χ4n) is 5.58. The maximum atomic E-state index is 13.3. The van der Waals surface area contributed by atoms with Crippen molar-refractivity contribution >= 4 is 55.7 Å². The van der Waals surface area contributed by atoms with Gasteiger partial charge in [-0.3, -0.25) is 14.5 Å². The third-order valence-corrected chi connectivity index (χ3v) is 11.3. The lowest BCUT2D eigenvalue weighted by Gasteiger charge is -2.23. The summed E-state index contributed by atoms with van der Waals surface area (Å²) < 4.78 is 36.1. The molecule has 2 heterocycles. The van der Waals surface area contributed by atoms with Gasteiger partial charge in [-0.05, 0) is 77.2 Å². The van der Waals surface area contributed by atoms with Crippen LogP contribution in [0, 0.1) is 0 Å². The van der Waals surface area contributed by atoms with E-state index < -0.39 is 15.9 Å². The minimum Gasteiger partial charge on any atom is -0.497 e. The number of amides is 1. The molecule has 49 heavy (non-hydrogen) atoms. The summed E-state index contributed by atoms with van der Waals surface area (Å²) in [6.07, 6.45) is 1.73. The highest BCUT2D eigenvalue weighted by Crippen LogP contribution is 2.27. The first kappa shape index (κ1) is 34.2. The number of benzene rings is 4. The van der Waals surface area contributed by atoms with Gasteiger partial charge in [0, 0.05) is 65.6 Å². The van der Waals surface area contributed by atoms with Crippen molar-refractivity contribution in [1.82, 2.24) is 14.2 Å². The fraction of sp³-hybridized carbons (Fsp3) is 0.158. The number of thiophene rings is 1. The summed E-state index contributed by atoms with van der Waals surface area (Å²) in [4.78, 5) is 30.5. The first-order valence-electron chi connectivity index (χ1n) is 15.6. The van der Waals surface area contributed by atoms with E-state index in [0.717, 1.165) is 34.7 Å². The third kappa shape index (κ3) is 8.31. The third-order valence-electron chi connectivity index (χ3n) is 8.07. The number of fused-ring (bicyclic) bond motifs is 1. The number of hydrogen-bond donors (Lipinski definition) is 1. The van der Waals surface area contributed by atoms with Crippen molar-refractivity contribution in [3.8, 4) is 5.75 Å². The summed E-state index contributed by atoms with van der Waals surface area (Å²) in [5.41, 5.74) is 3.40. The van der Waals surface area contributed by atoms with Crippen LogP contribution in [-0.4, -0.2) is 49.0 Å². The number of ether oxygens (including phenoxy) is 1. The van der Waals surface area contributed by atoms with Crippen molar-refractivity contribution in [3.05, 3.63) is 148 Å². The van der Waals surface area contributed by atoms with E-state index in [4.69, 9.17) is 4.74 Å². The van der Waals surface area contributed by atoms with E-state index in [1.165, 1.54) is 28.4 Å². The first-order valence-corrected chi connectivity index (χ1v) is 18.9. The van der Waals surface area contributed by atoms with Crippen LogP contribution in [0.2, 0.25) is 0 Å². The molecular weight excluding hydrogens is 675 g/mol. The van der Waals surface area contributed by atoms with Gasteiger partial charge < -0.3 is 9.30 Å². The minimum absolute atomic E-state index is 0.0158. The number of ketones is 1. The van der Waals surface area contributed by atoms with Gasteiger partial charge in [-0.15, -0.1) is 23.1 Å². The van der Waals surface area contributed by atoms with Crippen molar-refractivity contribution in [2.45, 2.75) is 22.9 Å². The standard InChI is InChI=1S/C38H35N3O5S3/c1-40-26-34(37(42)36-12-7-20-48-36)33-23-29(15-18-35(33)40)38(43)39-49(44,45)32-16-13-27(14-17-32)24-41(19-21-47-31-10-4-3-5-11-31)25-28-8-6-9-30(22-28)46-2/h3-18,20,22-23,26H,19,21,24-25H2,1-2H3,(H,39,43). The number of nitrogens with zero attached hydrogens (tertiary/aromatic N) is 2. The maximum Gasteiger partial charge on any atom is 0.265 e. The monoisotopic (exact) mass is 709 g/mol. The molecule has 0 aliphatic rings. The molecule has 6 rings (SSSR count). The number of rotatable bonds is 14. The Balaban J connectivity index is 1.15. The average Bonchev–Trinajstić information content (AvgIpc) is 3.77. The van der Waals surface area contributed by atoms with E-state index in [-0.39, 0.29) is 16.2 Å². The topological polar surface area (TPSA) is 97.7 Å². The molecule has 8 nitrogen and oxygen atoms in total. The van der Waals surface area contributed by atoms with Crippen molar-refractivity contribution in [3.63, 3.8) is 0 Å². The van der Waals surface area contributed by atoms with Crippen molar-refractivity contribution in [2.75, 3.05) is 19.4 Å². The first-order chi connectivity index (χ1) is 23.7. The van der Waals surface area contributed by atoms with Crippen LogP contribution in [0.4, 0.5) is 0 Å². The lowest BCUT2D eigenvalue weighted by Crippen LogP contribution is -2.30. The Kier molecular flexibility index (Phi) is 10.6. The molecule has 0 saturated heterocycles. The predicted octanol–water partition coefficient (Wildman–Crippen LogP) is 7.39. The zero-order valence-electron chi connectivity index (χ0n) is 27.0. The normalized spacial score (nSPS) is 11.6. The summed E-state index contributed by atoms with van der Waals surface area (Å²) in [5.74, 6) is 0.751. The molecule has 0 fully saturated rings. The summed E-state index contributed by atoms with van der Waals surface area (Å²) in [5, 5.41) is 2.41. The fourth-order valence-corrected chi connectivity index (χ4v) is 8.17. The highest BCUT2D eigenvalue weighted by atomic mass is 32.2. The Labute approximate surface area is 294 Å². The van der Waals surface area contributed by atoms with Crippen molar-refractivity contribution < 1.29 is 22.7 Å². The van der Waals surface area contributed by atoms with Crippen LogP contribution in [0.15, 0.2) is 131 Å². The zero-order chi connectivity index (χ0) is 34.4. The van der Waals surface area contributed by atoms with Crippen LogP contribution < -0.4 is 9.46 Å². The number of carbonyl (C=O) groups excluding carboxylic acids is 2. The van der Waals surface area contributed by atoms with E-state index >= 15 is 0 Å². The molecular formula is C38H35N3O5S3. The Hall–Kier alpha value is -4.68. The molecule has 2 aromatic heterocycles. The summed E-state index contributed by atoms with van der Waals surface area (Å²) >= 11 is 3.13. The van der Waals surface area contributed by atoms with Gasteiger partial charge in [-0.1, -0.05) is 48.5 Å². The number of aryl methyl sites for hydroxylation is 1. The molecule has 6 aromatic rings. The second kappa shape index (κ2) is 15.3. The zero-order valence-corrected chi connectivity index (χ0v) is 29.5. The summed E-state index contributed by atoms with van der Waals surface area (Å²) in [6.45, 7) is 2.09. The van der Waals surface area contributed by atoms with Crippen molar-refractivity contribution in [1.29, 1.82) is 0 Å². The predicted molar refractivity (Wildman–Crippen MR) is 196 cm³/mol. The maximum absolute atomic E-state index is 13.3. The number of aromatic nitrogens is 1. The molecule has 250 valence electrons. The van der Waals surface area contributed by atoms with Gasteiger partial charge in [-0.2, -0.15) is 0 Å². The van der Waals surface area contributed by atoms with Gasteiger partial charge in [0.2, 0.25) is 5.78 Å². The molecule has 1 N–H and O–H groups in total. The molecule has 0 spiro atoms. The van der Waals surface area contributed by atoms with Crippen molar-refractivity contribution in [2.24, 2.45) is 7.05 Å². The van der Waals surface area contributed by atoms with E-state index in [1.54, 1.807) is 61.5 Å². The number of carbonyl (C=O) groups is 2. The van der Waals surface area contributed by atoms with Crippen LogP contribution in [0.1, 0.15) is 36.7 Å². The molecule has 1 amide bonds. The Morgan fingerprint density at radius 3 is 2.39 bits per heavy atom. The largest absolute Gasteiger partial charge is 0.497 e. The molecule has 0 saturated carbocycles. The molecule has 11 heteroatoms. The lowest BCUT2D eigenvalue weighted by molar-refractivity contribution is 0.0980. The second-order valence-electron chi connectivity index (χ2n) is 11.5. The number of methoxy groups -OCH3 is 1. The summed E-state index contributed by atoms with van der Waals surface area (Å²) in [7, 11) is -0.691. The number of sulfonamides is 1. The average molecular weight is 710 g/mol. The molecule has 0 aliphatic carbocycles. The lowest BCUT2D eigenvalue weighted by atomic mass is 10.1. The Morgan fingerprint density at radius 2 is 1.65 bits per heavy atom. The molecule has 0 radical (unpaired) electrons. The van der Waals surface area contributed by atoms with E-state index in [0.29, 0.717) is 28.9 Å². The van der Waals surface area contributed by atoms with Gasteiger partial charge in [0.25, 0.3) is 15.9 Å². The van der Waals surface area contributed by atoms with E-state index in [1.807, 2.05) is 59.5 Å². The quantitative estimate of drug-likeness (QED) is 0.0931. The van der Waals surface area contributed by atoms with Crippen LogP contribution >= 0.6 is 23.1 Å². The summed E-state index contributed by atoms with van der Waals surface area (Å²) in [6, 6.07) is 33.2. The van der Waals surface area contributed by atoms with E-state index in [9.17, 15) is 18.0 Å². The van der Waals surface area contributed by atoms with Gasteiger partial charge in [0.15, 0.2) is 0 Å². The number of hydrogen-bond acceptors (Lipinski definition) is 8. The molecule has 0 atom stereocenters. The van der Waals surface area contributed by atoms with Crippen LogP contribution in [0.25, 0.3) is 10.9 Å². The Morgan fingerprint density at radius 1 is 0.878 bits per heavy atom. The van der Waals surface area contributed by atoms with Gasteiger partial charge >= 0.3 is 0 Å². The highest BCUT2D eigenvalue weighted by molar-refractivity contribution is 7.99.